The molecule has 0 atom stereocenters. The van der Waals surface area contributed by atoms with E-state index in [9.17, 15) is 0 Å². The highest BCUT2D eigenvalue weighted by Crippen LogP contribution is 2.20. The Morgan fingerprint density at radius 3 is 0.882 bits per heavy atom. The SMILES string of the molecule is C=C[Si](C=C)(c1ccccc1)c1ccc(-c2ccc([Si](C=C)(C=C)c3ccccc3)cc2)cc1. The second-order valence-corrected chi connectivity index (χ2v) is 15.9. The van der Waals surface area contributed by atoms with Crippen LogP contribution in [-0.4, -0.2) is 16.1 Å². The quantitative estimate of drug-likeness (QED) is 0.288. The highest BCUT2D eigenvalue weighted by molar-refractivity contribution is 7.09. The summed E-state index contributed by atoms with van der Waals surface area (Å²) in [5.41, 5.74) is 10.8. The van der Waals surface area contributed by atoms with E-state index in [1.54, 1.807) is 0 Å². The van der Waals surface area contributed by atoms with Gasteiger partial charge in [-0.15, -0.1) is 26.3 Å². The number of hydrogen-bond donors (Lipinski definition) is 0. The maximum atomic E-state index is 4.19. The molecule has 4 aromatic rings. The Hall–Kier alpha value is -3.73. The fourth-order valence-electron chi connectivity index (χ4n) is 4.75. The molecule has 0 aliphatic rings. The van der Waals surface area contributed by atoms with E-state index in [1.807, 2.05) is 0 Å². The fraction of sp³-hybridized carbons (Fsp3) is 0. The van der Waals surface area contributed by atoms with Gasteiger partial charge in [-0.2, -0.15) is 0 Å². The molecule has 34 heavy (non-hydrogen) atoms. The first-order chi connectivity index (χ1) is 16.6. The van der Waals surface area contributed by atoms with Crippen molar-refractivity contribution in [3.63, 3.8) is 0 Å². The van der Waals surface area contributed by atoms with E-state index >= 15 is 0 Å². The molecule has 0 spiro atoms. The Labute approximate surface area is 206 Å². The first-order valence-electron chi connectivity index (χ1n) is 11.5. The van der Waals surface area contributed by atoms with E-state index in [0.717, 1.165) is 0 Å². The van der Waals surface area contributed by atoms with Crippen molar-refractivity contribution in [2.24, 2.45) is 0 Å². The van der Waals surface area contributed by atoms with Crippen LogP contribution in [0.3, 0.4) is 0 Å². The molecule has 4 rings (SSSR count). The Kier molecular flexibility index (Phi) is 6.92. The van der Waals surface area contributed by atoms with E-state index in [1.165, 1.54) is 31.9 Å². The second-order valence-electron chi connectivity index (χ2n) is 8.44. The average molecular weight is 471 g/mol. The molecular formula is C32H30Si2. The first-order valence-corrected chi connectivity index (χ1v) is 15.8. The van der Waals surface area contributed by atoms with E-state index < -0.39 is 16.1 Å². The summed E-state index contributed by atoms with van der Waals surface area (Å²) in [5, 5.41) is 5.18. The van der Waals surface area contributed by atoms with Crippen LogP contribution in [0, 0.1) is 0 Å². The van der Waals surface area contributed by atoms with Crippen LogP contribution in [0.15, 0.2) is 158 Å². The molecule has 4 aromatic carbocycles. The van der Waals surface area contributed by atoms with Gasteiger partial charge in [0.1, 0.15) is 0 Å². The molecule has 0 aromatic heterocycles. The van der Waals surface area contributed by atoms with Gasteiger partial charge in [-0.25, -0.2) is 0 Å². The lowest BCUT2D eigenvalue weighted by Gasteiger charge is -2.26. The molecule has 0 N–H and O–H groups in total. The lowest BCUT2D eigenvalue weighted by Crippen LogP contribution is -2.55. The smallest absolute Gasteiger partial charge is 0.106 e. The molecule has 0 saturated carbocycles. The van der Waals surface area contributed by atoms with Gasteiger partial charge in [-0.3, -0.25) is 0 Å². The van der Waals surface area contributed by atoms with Crippen LogP contribution < -0.4 is 20.7 Å². The maximum Gasteiger partial charge on any atom is 0.163 e. The summed E-state index contributed by atoms with van der Waals surface area (Å²) in [7, 11) is -4.38. The Balaban J connectivity index is 1.68. The summed E-state index contributed by atoms with van der Waals surface area (Å²) in [6.45, 7) is 16.8. The Morgan fingerprint density at radius 1 is 0.353 bits per heavy atom. The number of rotatable bonds is 9. The summed E-state index contributed by atoms with van der Waals surface area (Å²) < 4.78 is 0. The summed E-state index contributed by atoms with van der Waals surface area (Å²) in [6, 6.07) is 39.0. The number of hydrogen-bond acceptors (Lipinski definition) is 0. The van der Waals surface area contributed by atoms with Crippen molar-refractivity contribution < 1.29 is 0 Å². The monoisotopic (exact) mass is 470 g/mol. The third kappa shape index (κ3) is 4.03. The molecule has 0 aliphatic carbocycles. The van der Waals surface area contributed by atoms with E-state index in [2.05, 4.69) is 158 Å². The van der Waals surface area contributed by atoms with E-state index in [0.29, 0.717) is 0 Å². The van der Waals surface area contributed by atoms with E-state index in [-0.39, 0.29) is 0 Å². The zero-order valence-electron chi connectivity index (χ0n) is 19.5. The number of benzene rings is 4. The fourth-order valence-corrected chi connectivity index (χ4v) is 10.6. The van der Waals surface area contributed by atoms with Crippen LogP contribution in [0.25, 0.3) is 11.1 Å². The van der Waals surface area contributed by atoms with Gasteiger partial charge in [0, 0.05) is 0 Å². The van der Waals surface area contributed by atoms with Crippen molar-refractivity contribution >= 4 is 36.9 Å². The molecule has 0 radical (unpaired) electrons. The molecule has 0 saturated heterocycles. The van der Waals surface area contributed by atoms with Crippen LogP contribution in [-0.2, 0) is 0 Å². The van der Waals surface area contributed by atoms with Gasteiger partial charge in [0.25, 0.3) is 0 Å². The first kappa shape index (κ1) is 23.4. The standard InChI is InChI=1S/C32H30Si2/c1-5-33(6-2,29-15-11-9-12-16-29)31-23-19-27(20-24-31)28-21-25-32(26-22-28)34(7-3,8-4)30-17-13-10-14-18-30/h5-26H,1-4H2. The minimum absolute atomic E-state index is 1.20. The van der Waals surface area contributed by atoms with Gasteiger partial charge in [-0.1, -0.05) is 132 Å². The normalized spacial score (nSPS) is 11.4. The van der Waals surface area contributed by atoms with Crippen LogP contribution in [0.1, 0.15) is 0 Å². The zero-order chi connectivity index (χ0) is 24.0. The topological polar surface area (TPSA) is 0 Å². The van der Waals surface area contributed by atoms with Gasteiger partial charge < -0.3 is 0 Å². The third-order valence-corrected chi connectivity index (χ3v) is 14.6. The predicted octanol–water partition coefficient (Wildman–Crippen LogP) is 5.38. The molecule has 0 fully saturated rings. The molecule has 2 heteroatoms. The van der Waals surface area contributed by atoms with Crippen molar-refractivity contribution in [3.8, 4) is 11.1 Å². The van der Waals surface area contributed by atoms with Gasteiger partial charge >= 0.3 is 0 Å². The van der Waals surface area contributed by atoms with Gasteiger partial charge in [-0.05, 0) is 31.9 Å². The predicted molar refractivity (Wildman–Crippen MR) is 156 cm³/mol. The van der Waals surface area contributed by atoms with Crippen LogP contribution >= 0.6 is 0 Å². The molecule has 0 bridgehead atoms. The molecule has 0 aliphatic heterocycles. The van der Waals surface area contributed by atoms with Crippen molar-refractivity contribution in [3.05, 3.63) is 158 Å². The molecule has 0 unspecified atom stereocenters. The minimum atomic E-state index is -2.19. The maximum absolute atomic E-state index is 4.19. The zero-order valence-corrected chi connectivity index (χ0v) is 21.5. The third-order valence-electron chi connectivity index (χ3n) is 6.85. The average Bonchev–Trinajstić information content (AvgIpc) is 2.93. The molecule has 0 heterocycles. The van der Waals surface area contributed by atoms with Crippen LogP contribution in [0.2, 0.25) is 0 Å². The molecule has 0 nitrogen and oxygen atoms in total. The highest BCUT2D eigenvalue weighted by Gasteiger charge is 2.31. The molecular weight excluding hydrogens is 441 g/mol. The summed E-state index contributed by atoms with van der Waals surface area (Å²) in [4.78, 5) is 0. The van der Waals surface area contributed by atoms with Gasteiger partial charge in [0.15, 0.2) is 16.1 Å². The van der Waals surface area contributed by atoms with Crippen molar-refractivity contribution in [2.75, 3.05) is 0 Å². The summed E-state index contributed by atoms with van der Waals surface area (Å²) in [5.74, 6) is 0. The lowest BCUT2D eigenvalue weighted by atomic mass is 10.1. The van der Waals surface area contributed by atoms with Crippen molar-refractivity contribution in [1.82, 2.24) is 0 Å². The summed E-state index contributed by atoms with van der Waals surface area (Å²) >= 11 is 0. The van der Waals surface area contributed by atoms with Crippen molar-refractivity contribution in [2.45, 2.75) is 0 Å². The Bertz CT molecular complexity index is 1160. The van der Waals surface area contributed by atoms with Gasteiger partial charge in [0.2, 0.25) is 0 Å². The minimum Gasteiger partial charge on any atom is -0.106 e. The van der Waals surface area contributed by atoms with Crippen LogP contribution in [0.4, 0.5) is 0 Å². The second kappa shape index (κ2) is 10.0. The van der Waals surface area contributed by atoms with Crippen molar-refractivity contribution in [1.29, 1.82) is 0 Å². The van der Waals surface area contributed by atoms with Gasteiger partial charge in [0.05, 0.1) is 0 Å². The van der Waals surface area contributed by atoms with E-state index in [4.69, 9.17) is 0 Å². The largest absolute Gasteiger partial charge is 0.163 e. The van der Waals surface area contributed by atoms with Crippen LogP contribution in [0.5, 0.6) is 0 Å². The highest BCUT2D eigenvalue weighted by atomic mass is 28.3. The summed E-state index contributed by atoms with van der Waals surface area (Å²) in [6.07, 6.45) is 0. The molecule has 166 valence electrons. The lowest BCUT2D eigenvalue weighted by molar-refractivity contribution is 1.64. The Morgan fingerprint density at radius 2 is 0.618 bits per heavy atom. The molecule has 0 amide bonds.